The highest BCUT2D eigenvalue weighted by atomic mass is 32.1. The Labute approximate surface area is 207 Å². The zero-order valence-electron chi connectivity index (χ0n) is 20.3. The number of carbonyl (C=O) groups excluding carboxylic acids is 3. The molecule has 1 heterocycles. The van der Waals surface area contributed by atoms with Gasteiger partial charge in [0.1, 0.15) is 18.5 Å². The van der Waals surface area contributed by atoms with Crippen molar-refractivity contribution >= 4 is 39.9 Å². The predicted molar refractivity (Wildman–Crippen MR) is 133 cm³/mol. The Morgan fingerprint density at radius 2 is 1.86 bits per heavy atom. The van der Waals surface area contributed by atoms with Crippen molar-refractivity contribution in [3.05, 3.63) is 76.0 Å². The smallest absolute Gasteiger partial charge is 0.329 e. The largest absolute Gasteiger partial charge is 0.458 e. The van der Waals surface area contributed by atoms with Gasteiger partial charge in [-0.1, -0.05) is 43.7 Å². The monoisotopic (exact) mass is 497 g/mol. The van der Waals surface area contributed by atoms with Gasteiger partial charge in [-0.2, -0.15) is 0 Å². The molecule has 0 aliphatic carbocycles. The maximum Gasteiger partial charge on any atom is 0.329 e. The van der Waals surface area contributed by atoms with Gasteiger partial charge in [0.15, 0.2) is 5.13 Å². The molecule has 0 fully saturated rings. The van der Waals surface area contributed by atoms with Gasteiger partial charge in [-0.3, -0.25) is 14.5 Å². The van der Waals surface area contributed by atoms with Crippen LogP contribution < -0.4 is 10.2 Å². The highest BCUT2D eigenvalue weighted by Gasteiger charge is 2.27. The Bertz CT molecular complexity index is 1240. The first-order valence-corrected chi connectivity index (χ1v) is 12.0. The van der Waals surface area contributed by atoms with Crippen molar-refractivity contribution in [2.45, 2.75) is 47.3 Å². The van der Waals surface area contributed by atoms with Gasteiger partial charge in [0, 0.05) is 12.3 Å². The number of rotatable bonds is 8. The summed E-state index contributed by atoms with van der Waals surface area (Å²) in [4.78, 5) is 43.6. The maximum atomic E-state index is 13.9. The van der Waals surface area contributed by atoms with Gasteiger partial charge in [-0.05, 0) is 43.5 Å². The van der Waals surface area contributed by atoms with Crippen LogP contribution in [0.15, 0.2) is 47.8 Å². The number of nitrogens with one attached hydrogen (secondary N) is 1. The quantitative estimate of drug-likeness (QED) is 0.439. The molecule has 0 bridgehead atoms. The van der Waals surface area contributed by atoms with E-state index >= 15 is 0 Å². The van der Waals surface area contributed by atoms with Crippen LogP contribution in [0.25, 0.3) is 0 Å². The SMILES string of the molecule is CC(=O)N(c1nc(COC(=O)[C@@H](NC(=O)c2ccccc2F)C(C)C)cs1)c1ccc(C)cc1C. The van der Waals surface area contributed by atoms with Crippen molar-refractivity contribution in [1.82, 2.24) is 10.3 Å². The number of hydrogen-bond donors (Lipinski definition) is 1. The van der Waals surface area contributed by atoms with Crippen LogP contribution in [0.2, 0.25) is 0 Å². The number of anilines is 2. The van der Waals surface area contributed by atoms with Crippen molar-refractivity contribution in [3.63, 3.8) is 0 Å². The van der Waals surface area contributed by atoms with Crippen LogP contribution >= 0.6 is 11.3 Å². The summed E-state index contributed by atoms with van der Waals surface area (Å²) in [5, 5.41) is 4.73. The lowest BCUT2D eigenvalue weighted by Crippen LogP contribution is -2.45. The van der Waals surface area contributed by atoms with E-state index < -0.39 is 23.7 Å². The molecule has 1 aromatic heterocycles. The molecule has 1 N–H and O–H groups in total. The fourth-order valence-electron chi connectivity index (χ4n) is 3.53. The van der Waals surface area contributed by atoms with Crippen molar-refractivity contribution in [2.24, 2.45) is 5.92 Å². The van der Waals surface area contributed by atoms with Gasteiger partial charge in [0.25, 0.3) is 5.91 Å². The number of carbonyl (C=O) groups is 3. The van der Waals surface area contributed by atoms with Gasteiger partial charge >= 0.3 is 5.97 Å². The van der Waals surface area contributed by atoms with Crippen LogP contribution in [-0.4, -0.2) is 28.8 Å². The maximum absolute atomic E-state index is 13.9. The first kappa shape index (κ1) is 26.0. The molecule has 0 saturated carbocycles. The number of amides is 2. The van der Waals surface area contributed by atoms with E-state index in [-0.39, 0.29) is 24.0 Å². The lowest BCUT2D eigenvalue weighted by Gasteiger charge is -2.21. The third-order valence-corrected chi connectivity index (χ3v) is 6.20. The molecule has 2 amide bonds. The number of aromatic nitrogens is 1. The second-order valence-electron chi connectivity index (χ2n) is 8.55. The fourth-order valence-corrected chi connectivity index (χ4v) is 4.39. The summed E-state index contributed by atoms with van der Waals surface area (Å²) in [5.41, 5.74) is 3.08. The van der Waals surface area contributed by atoms with E-state index in [2.05, 4.69) is 10.3 Å². The van der Waals surface area contributed by atoms with Crippen molar-refractivity contribution in [2.75, 3.05) is 4.90 Å². The molecule has 9 heteroatoms. The second kappa shape index (κ2) is 11.2. The summed E-state index contributed by atoms with van der Waals surface area (Å²) in [6.07, 6.45) is 0. The Hall–Kier alpha value is -3.59. The first-order chi connectivity index (χ1) is 16.6. The average Bonchev–Trinajstić information content (AvgIpc) is 3.25. The summed E-state index contributed by atoms with van der Waals surface area (Å²) in [7, 11) is 0. The van der Waals surface area contributed by atoms with E-state index in [4.69, 9.17) is 4.74 Å². The predicted octanol–water partition coefficient (Wildman–Crippen LogP) is 5.08. The Balaban J connectivity index is 1.70. The van der Waals surface area contributed by atoms with Crippen molar-refractivity contribution in [1.29, 1.82) is 0 Å². The molecule has 0 aliphatic heterocycles. The Morgan fingerprint density at radius 1 is 1.14 bits per heavy atom. The lowest BCUT2D eigenvalue weighted by atomic mass is 10.0. The molecule has 0 spiro atoms. The fraction of sp³-hybridized carbons (Fsp3) is 0.308. The van der Waals surface area contributed by atoms with Crippen LogP contribution in [-0.2, 0) is 20.9 Å². The highest BCUT2D eigenvalue weighted by Crippen LogP contribution is 2.32. The molecular weight excluding hydrogens is 469 g/mol. The third kappa shape index (κ3) is 6.30. The van der Waals surface area contributed by atoms with Gasteiger partial charge in [-0.15, -0.1) is 11.3 Å². The van der Waals surface area contributed by atoms with E-state index in [0.717, 1.165) is 16.8 Å². The van der Waals surface area contributed by atoms with E-state index in [1.165, 1.54) is 41.4 Å². The van der Waals surface area contributed by atoms with Crippen molar-refractivity contribution < 1.29 is 23.5 Å². The topological polar surface area (TPSA) is 88.6 Å². The zero-order chi connectivity index (χ0) is 25.7. The standard InChI is InChI=1S/C26H28FN3O4S/c1-15(2)23(29-24(32)20-8-6-7-9-21(20)27)25(33)34-13-19-14-35-26(28-19)30(18(5)31)22-11-10-16(3)12-17(22)4/h6-12,14-15,23H,13H2,1-5H3,(H,29,32)/t23-/m0/s1. The lowest BCUT2D eigenvalue weighted by molar-refractivity contribution is -0.148. The number of ether oxygens (including phenoxy) is 1. The number of nitrogens with zero attached hydrogens (tertiary/aromatic N) is 2. The summed E-state index contributed by atoms with van der Waals surface area (Å²) in [6.45, 7) is 8.75. The molecule has 2 aromatic carbocycles. The zero-order valence-corrected chi connectivity index (χ0v) is 21.1. The molecule has 184 valence electrons. The van der Waals surface area contributed by atoms with Crippen LogP contribution in [0.1, 0.15) is 48.0 Å². The van der Waals surface area contributed by atoms with Gasteiger partial charge in [0.05, 0.1) is 16.9 Å². The average molecular weight is 498 g/mol. The van der Waals surface area contributed by atoms with E-state index in [0.29, 0.717) is 10.8 Å². The summed E-state index contributed by atoms with van der Waals surface area (Å²) >= 11 is 1.26. The van der Waals surface area contributed by atoms with Gasteiger partial charge < -0.3 is 10.1 Å². The van der Waals surface area contributed by atoms with Crippen LogP contribution in [0.4, 0.5) is 15.2 Å². The first-order valence-electron chi connectivity index (χ1n) is 11.1. The summed E-state index contributed by atoms with van der Waals surface area (Å²) in [5.74, 6) is -2.50. The number of hydrogen-bond acceptors (Lipinski definition) is 6. The number of esters is 1. The second-order valence-corrected chi connectivity index (χ2v) is 9.39. The van der Waals surface area contributed by atoms with Crippen LogP contribution in [0, 0.1) is 25.6 Å². The molecule has 0 aliphatic rings. The molecular formula is C26H28FN3O4S. The number of thiazole rings is 1. The van der Waals surface area contributed by atoms with Crippen LogP contribution in [0.3, 0.4) is 0 Å². The number of halogens is 1. The summed E-state index contributed by atoms with van der Waals surface area (Å²) in [6, 6.07) is 10.4. The van der Waals surface area contributed by atoms with Gasteiger partial charge in [-0.25, -0.2) is 14.2 Å². The Kier molecular flexibility index (Phi) is 8.34. The highest BCUT2D eigenvalue weighted by molar-refractivity contribution is 7.14. The minimum absolute atomic E-state index is 0.132. The third-order valence-electron chi connectivity index (χ3n) is 5.33. The molecule has 35 heavy (non-hydrogen) atoms. The Morgan fingerprint density at radius 3 is 2.49 bits per heavy atom. The van der Waals surface area contributed by atoms with E-state index in [9.17, 15) is 18.8 Å². The molecule has 1 atom stereocenters. The van der Waals surface area contributed by atoms with Gasteiger partial charge in [0.2, 0.25) is 5.91 Å². The molecule has 7 nitrogen and oxygen atoms in total. The molecule has 0 radical (unpaired) electrons. The molecule has 0 unspecified atom stereocenters. The molecule has 0 saturated heterocycles. The number of aryl methyl sites for hydroxylation is 2. The minimum atomic E-state index is -0.968. The van der Waals surface area contributed by atoms with Crippen molar-refractivity contribution in [3.8, 4) is 0 Å². The van der Waals surface area contributed by atoms with Crippen LogP contribution in [0.5, 0.6) is 0 Å². The number of benzene rings is 2. The summed E-state index contributed by atoms with van der Waals surface area (Å²) < 4.78 is 19.4. The van der Waals surface area contributed by atoms with E-state index in [1.807, 2.05) is 32.0 Å². The van der Waals surface area contributed by atoms with E-state index in [1.54, 1.807) is 25.3 Å². The molecule has 3 rings (SSSR count). The minimum Gasteiger partial charge on any atom is -0.458 e. The normalized spacial score (nSPS) is 11.7. The molecule has 3 aromatic rings.